The van der Waals surface area contributed by atoms with Gasteiger partial charge in [-0.25, -0.2) is 5.10 Å². The Hall–Kier alpha value is -4.09. The molecule has 1 saturated carbocycles. The molecule has 0 spiro atoms. The van der Waals surface area contributed by atoms with Crippen molar-refractivity contribution in [2.75, 3.05) is 13.6 Å². The number of nitrogens with two attached hydrogens (primary N) is 1. The highest BCUT2D eigenvalue weighted by Crippen LogP contribution is 2.40. The van der Waals surface area contributed by atoms with Crippen LogP contribution >= 0.6 is 0 Å². The lowest BCUT2D eigenvalue weighted by Gasteiger charge is -2.21. The van der Waals surface area contributed by atoms with E-state index in [1.807, 2.05) is 6.07 Å². The summed E-state index contributed by atoms with van der Waals surface area (Å²) >= 11 is 0. The number of aromatic nitrogens is 2. The van der Waals surface area contributed by atoms with Gasteiger partial charge in [0.15, 0.2) is 0 Å². The third-order valence-electron chi connectivity index (χ3n) is 5.71. The summed E-state index contributed by atoms with van der Waals surface area (Å²) in [6.45, 7) is -1.59. The molecule has 204 valence electrons. The van der Waals surface area contributed by atoms with E-state index < -0.39 is 36.0 Å². The lowest BCUT2D eigenvalue weighted by Crippen LogP contribution is -2.50. The number of rotatable bonds is 8. The third-order valence-corrected chi connectivity index (χ3v) is 5.71. The number of hydrogen-bond donors (Lipinski definition) is 2. The number of allylic oxidation sites excluding steroid dienone is 2. The minimum Gasteiger partial charge on any atom is -0.424 e. The van der Waals surface area contributed by atoms with E-state index in [0.29, 0.717) is 12.1 Å². The van der Waals surface area contributed by atoms with Crippen LogP contribution in [0.3, 0.4) is 0 Å². The minimum atomic E-state index is -6.20. The predicted molar refractivity (Wildman–Crippen MR) is 119 cm³/mol. The van der Waals surface area contributed by atoms with Gasteiger partial charge in [0.1, 0.15) is 18.9 Å². The maximum absolute atomic E-state index is 13.9. The molecule has 8 nitrogen and oxygen atoms in total. The SMILES string of the molecule is CCN(C(=O)c1cc(-c2c[nH][n+](C(=NC)C(OC(F)F)=C(N)C(F)(F)C(F)(F)F)c2)ccc1C#N)C1CC1. The summed E-state index contributed by atoms with van der Waals surface area (Å²) < 4.78 is 97.0. The number of carbonyl (C=O) groups is 1. The number of halogens is 7. The Bertz CT molecular complexity index is 1310. The molecule has 0 radical (unpaired) electrons. The van der Waals surface area contributed by atoms with Crippen LogP contribution in [0, 0.1) is 11.3 Å². The summed E-state index contributed by atoms with van der Waals surface area (Å²) in [7, 11) is 0.937. The third kappa shape index (κ3) is 5.58. The van der Waals surface area contributed by atoms with Crippen molar-refractivity contribution in [2.45, 2.75) is 44.5 Å². The van der Waals surface area contributed by atoms with E-state index >= 15 is 0 Å². The van der Waals surface area contributed by atoms with Crippen molar-refractivity contribution in [1.29, 1.82) is 5.26 Å². The molecule has 1 aliphatic carbocycles. The number of hydrogen-bond acceptors (Lipinski definition) is 5. The summed E-state index contributed by atoms with van der Waals surface area (Å²) in [6, 6.07) is 6.30. The van der Waals surface area contributed by atoms with Crippen LogP contribution in [0.2, 0.25) is 0 Å². The Morgan fingerprint density at radius 1 is 1.29 bits per heavy atom. The number of nitrogens with zero attached hydrogens (tertiary/aromatic N) is 4. The lowest BCUT2D eigenvalue weighted by molar-refractivity contribution is -0.617. The molecule has 3 rings (SSSR count). The standard InChI is InChI=1S/C23H21F7N6O2/c1-3-35(15-6-7-15)20(37)16-8-12(4-5-13(16)9-31)14-10-34-36(11-14)19(33-2)17(38-21(24)25)18(32)22(26,27)23(28,29)30/h4-5,8,10-11,15,21H,3,6-7H2,1-2H3,(H2,32,33)/p+1. The molecule has 0 bridgehead atoms. The van der Waals surface area contributed by atoms with Gasteiger partial charge in [-0.1, -0.05) is 11.1 Å². The van der Waals surface area contributed by atoms with Crippen molar-refractivity contribution < 1.29 is 44.9 Å². The van der Waals surface area contributed by atoms with Gasteiger partial charge in [-0.2, -0.15) is 36.0 Å². The fraction of sp³-hybridized carbons (Fsp3) is 0.391. The van der Waals surface area contributed by atoms with Crippen LogP contribution in [-0.4, -0.2) is 60.1 Å². The number of benzene rings is 1. The quantitative estimate of drug-likeness (QED) is 0.171. The Morgan fingerprint density at radius 3 is 2.45 bits per heavy atom. The van der Waals surface area contributed by atoms with E-state index in [1.54, 1.807) is 11.8 Å². The van der Waals surface area contributed by atoms with Crippen LogP contribution in [0.1, 0.15) is 35.7 Å². The largest absolute Gasteiger partial charge is 0.459 e. The van der Waals surface area contributed by atoms with Crippen molar-refractivity contribution in [3.63, 3.8) is 0 Å². The molecule has 1 aliphatic rings. The van der Waals surface area contributed by atoms with Gasteiger partial charge in [-0.05, 0) is 37.5 Å². The van der Waals surface area contributed by atoms with Gasteiger partial charge in [-0.15, -0.1) is 4.68 Å². The first-order chi connectivity index (χ1) is 17.8. The number of alkyl halides is 7. The van der Waals surface area contributed by atoms with Gasteiger partial charge >= 0.3 is 24.5 Å². The first-order valence-corrected chi connectivity index (χ1v) is 11.1. The molecule has 3 N–H and O–H groups in total. The molecule has 0 saturated heterocycles. The first-order valence-electron chi connectivity index (χ1n) is 11.1. The van der Waals surface area contributed by atoms with E-state index in [-0.39, 0.29) is 28.6 Å². The average molecular weight is 547 g/mol. The van der Waals surface area contributed by atoms with Crippen LogP contribution < -0.4 is 10.4 Å². The molecule has 1 aromatic heterocycles. The average Bonchev–Trinajstić information content (AvgIpc) is 3.58. The number of carbonyl (C=O) groups excluding carboxylic acids is 1. The van der Waals surface area contributed by atoms with E-state index in [0.717, 1.165) is 30.8 Å². The monoisotopic (exact) mass is 547 g/mol. The fourth-order valence-corrected chi connectivity index (χ4v) is 3.68. The summed E-state index contributed by atoms with van der Waals surface area (Å²) in [6.07, 6.45) is -2.14. The number of aliphatic imine (C=N–C) groups is 1. The maximum atomic E-state index is 13.9. The Labute approximate surface area is 211 Å². The van der Waals surface area contributed by atoms with Crippen molar-refractivity contribution >= 4 is 11.7 Å². The van der Waals surface area contributed by atoms with E-state index in [4.69, 9.17) is 5.73 Å². The second-order valence-corrected chi connectivity index (χ2v) is 8.16. The van der Waals surface area contributed by atoms with Crippen molar-refractivity contribution in [2.24, 2.45) is 10.7 Å². The molecule has 0 unspecified atom stereocenters. The molecule has 2 aromatic rings. The molecule has 15 heteroatoms. The fourth-order valence-electron chi connectivity index (χ4n) is 3.68. The number of nitriles is 1. The summed E-state index contributed by atoms with van der Waals surface area (Å²) in [4.78, 5) is 18.2. The number of H-pyrrole nitrogens is 1. The predicted octanol–water partition coefficient (Wildman–Crippen LogP) is 3.95. The second-order valence-electron chi connectivity index (χ2n) is 8.16. The van der Waals surface area contributed by atoms with Crippen LogP contribution in [-0.2, 0) is 4.74 Å². The van der Waals surface area contributed by atoms with Gasteiger partial charge in [0.05, 0.1) is 23.4 Å². The number of ether oxygens (including phenoxy) is 1. The van der Waals surface area contributed by atoms with Gasteiger partial charge in [0.2, 0.25) is 5.76 Å². The van der Waals surface area contributed by atoms with Crippen molar-refractivity contribution in [3.05, 3.63) is 53.2 Å². The first kappa shape index (κ1) is 28.5. The van der Waals surface area contributed by atoms with Crippen LogP contribution in [0.15, 0.2) is 47.0 Å². The molecule has 0 atom stereocenters. The van der Waals surface area contributed by atoms with Gasteiger partial charge < -0.3 is 15.4 Å². The molecule has 38 heavy (non-hydrogen) atoms. The van der Waals surface area contributed by atoms with Crippen molar-refractivity contribution in [3.8, 4) is 17.2 Å². The van der Waals surface area contributed by atoms with Gasteiger partial charge in [0, 0.05) is 18.2 Å². The van der Waals surface area contributed by atoms with Crippen LogP contribution in [0.4, 0.5) is 30.7 Å². The second kappa shape index (κ2) is 10.7. The Kier molecular flexibility index (Phi) is 8.03. The van der Waals surface area contributed by atoms with E-state index in [9.17, 15) is 40.8 Å². The molecule has 1 heterocycles. The summed E-state index contributed by atoms with van der Waals surface area (Å²) in [5.41, 5.74) is 3.47. The smallest absolute Gasteiger partial charge is 0.424 e. The minimum absolute atomic E-state index is 0.0702. The Morgan fingerprint density at radius 2 is 1.95 bits per heavy atom. The number of nitrogens with one attached hydrogen (secondary N) is 1. The van der Waals surface area contributed by atoms with Crippen molar-refractivity contribution in [1.82, 2.24) is 10.00 Å². The number of amides is 1. The van der Waals surface area contributed by atoms with E-state index in [2.05, 4.69) is 14.8 Å². The highest BCUT2D eigenvalue weighted by molar-refractivity contribution is 5.98. The molecular weight excluding hydrogens is 525 g/mol. The van der Waals surface area contributed by atoms with Gasteiger partial charge in [-0.3, -0.25) is 4.79 Å². The normalized spacial score (nSPS) is 15.2. The molecular formula is C23H22F7N6O2+. The molecule has 1 amide bonds. The number of aromatic amines is 1. The van der Waals surface area contributed by atoms with Gasteiger partial charge in [0.25, 0.3) is 5.91 Å². The molecule has 1 aromatic carbocycles. The highest BCUT2D eigenvalue weighted by atomic mass is 19.4. The zero-order valence-electron chi connectivity index (χ0n) is 20.0. The lowest BCUT2D eigenvalue weighted by atomic mass is 10.0. The van der Waals surface area contributed by atoms with Crippen LogP contribution in [0.25, 0.3) is 11.1 Å². The zero-order chi connectivity index (χ0) is 28.4. The Balaban J connectivity index is 2.06. The summed E-state index contributed by atoms with van der Waals surface area (Å²) in [5, 5.41) is 12.0. The van der Waals surface area contributed by atoms with Crippen LogP contribution in [0.5, 0.6) is 0 Å². The topological polar surface area (TPSA) is 111 Å². The summed E-state index contributed by atoms with van der Waals surface area (Å²) in [5.74, 6) is -8.68. The maximum Gasteiger partial charge on any atom is 0.459 e. The molecule has 0 aliphatic heterocycles. The van der Waals surface area contributed by atoms with E-state index in [1.165, 1.54) is 24.4 Å². The zero-order valence-corrected chi connectivity index (χ0v) is 20.0. The highest BCUT2D eigenvalue weighted by Gasteiger charge is 2.62. The molecule has 1 fully saturated rings.